The first-order chi connectivity index (χ1) is 13.1. The Morgan fingerprint density at radius 3 is 2.64 bits per heavy atom. The van der Waals surface area contributed by atoms with Crippen LogP contribution in [0.4, 0.5) is 10.1 Å². The number of carbonyl (C=O) groups excluding carboxylic acids is 1. The smallest absolute Gasteiger partial charge is 0.326 e. The van der Waals surface area contributed by atoms with Crippen LogP contribution < -0.4 is 14.3 Å². The van der Waals surface area contributed by atoms with E-state index in [1.54, 1.807) is 4.72 Å². The zero-order valence-electron chi connectivity index (χ0n) is 15.8. The molecule has 1 aromatic carbocycles. The molecule has 1 aliphatic carbocycles. The summed E-state index contributed by atoms with van der Waals surface area (Å²) in [5, 5.41) is 13.4. The molecule has 1 saturated heterocycles. The number of nitrogens with one attached hydrogen (secondary N) is 2. The van der Waals surface area contributed by atoms with Crippen LogP contribution in [-0.2, 0) is 15.0 Å². The molecule has 0 spiro atoms. The van der Waals surface area contributed by atoms with Gasteiger partial charge < -0.3 is 10.4 Å². The first kappa shape index (κ1) is 19.2. The third-order valence-corrected chi connectivity index (χ3v) is 7.39. The first-order valence-electron chi connectivity index (χ1n) is 9.38. The van der Waals surface area contributed by atoms with Gasteiger partial charge in [-0.2, -0.15) is 8.42 Å². The van der Waals surface area contributed by atoms with Crippen molar-refractivity contribution in [1.82, 2.24) is 10.0 Å². The average Bonchev–Trinajstić information content (AvgIpc) is 2.92. The number of phenols is 1. The maximum absolute atomic E-state index is 15.2. The van der Waals surface area contributed by atoms with Gasteiger partial charge in [0.15, 0.2) is 5.82 Å². The molecule has 2 aliphatic heterocycles. The number of rotatable bonds is 5. The van der Waals surface area contributed by atoms with Crippen molar-refractivity contribution in [3.05, 3.63) is 29.6 Å². The molecule has 3 aliphatic rings. The van der Waals surface area contributed by atoms with E-state index in [0.717, 1.165) is 24.3 Å². The highest BCUT2D eigenvalue weighted by Crippen LogP contribution is 2.54. The van der Waals surface area contributed by atoms with E-state index in [4.69, 9.17) is 0 Å². The molecule has 152 valence electrons. The van der Waals surface area contributed by atoms with Gasteiger partial charge in [0.2, 0.25) is 0 Å². The van der Waals surface area contributed by atoms with Gasteiger partial charge in [-0.15, -0.1) is 0 Å². The molecule has 4 rings (SSSR count). The fraction of sp³-hybridized carbons (Fsp3) is 0.526. The molecule has 28 heavy (non-hydrogen) atoms. The van der Waals surface area contributed by atoms with Gasteiger partial charge in [0, 0.05) is 18.2 Å². The van der Waals surface area contributed by atoms with E-state index in [9.17, 15) is 18.3 Å². The Morgan fingerprint density at radius 1 is 1.32 bits per heavy atom. The summed E-state index contributed by atoms with van der Waals surface area (Å²) in [5.41, 5.74) is 0.870. The minimum Gasteiger partial charge on any atom is -0.506 e. The molecule has 1 amide bonds. The Kier molecular flexibility index (Phi) is 4.42. The predicted molar refractivity (Wildman–Crippen MR) is 103 cm³/mol. The maximum Gasteiger partial charge on any atom is 0.326 e. The van der Waals surface area contributed by atoms with E-state index in [1.165, 1.54) is 18.6 Å². The number of hydrogen-bond donors (Lipinski definition) is 3. The zero-order valence-corrected chi connectivity index (χ0v) is 16.6. The molecule has 7 nitrogen and oxygen atoms in total. The Bertz CT molecular complexity index is 974. The lowest BCUT2D eigenvalue weighted by molar-refractivity contribution is -0.117. The number of hydrogen-bond acceptors (Lipinski definition) is 5. The van der Waals surface area contributed by atoms with Crippen LogP contribution in [-0.4, -0.2) is 38.6 Å². The van der Waals surface area contributed by atoms with Gasteiger partial charge in [-0.05, 0) is 48.3 Å². The Morgan fingerprint density at radius 2 is 2.04 bits per heavy atom. The lowest BCUT2D eigenvalue weighted by Gasteiger charge is -2.18. The number of anilines is 1. The predicted octanol–water partition coefficient (Wildman–Crippen LogP) is 1.89. The minimum atomic E-state index is -4.21. The molecule has 1 aromatic rings. The highest BCUT2D eigenvalue weighted by Gasteiger charge is 2.45. The fourth-order valence-electron chi connectivity index (χ4n) is 4.11. The first-order valence-corrected chi connectivity index (χ1v) is 10.8. The van der Waals surface area contributed by atoms with E-state index in [-0.39, 0.29) is 11.6 Å². The summed E-state index contributed by atoms with van der Waals surface area (Å²) < 4.78 is 41.7. The fourth-order valence-corrected chi connectivity index (χ4v) is 5.27. The topological polar surface area (TPSA) is 98.7 Å². The monoisotopic (exact) mass is 409 g/mol. The quantitative estimate of drug-likeness (QED) is 0.690. The lowest BCUT2D eigenvalue weighted by atomic mass is 10.0. The van der Waals surface area contributed by atoms with Crippen molar-refractivity contribution >= 4 is 27.4 Å². The molecule has 1 saturated carbocycles. The molecule has 9 heteroatoms. The summed E-state index contributed by atoms with van der Waals surface area (Å²) in [7, 11) is -4.21. The van der Waals surface area contributed by atoms with Crippen LogP contribution in [0.1, 0.15) is 38.7 Å². The van der Waals surface area contributed by atoms with Crippen LogP contribution >= 0.6 is 0 Å². The molecule has 3 N–H and O–H groups in total. The number of benzene rings is 1. The minimum absolute atomic E-state index is 0.141. The van der Waals surface area contributed by atoms with Gasteiger partial charge in [0.25, 0.3) is 5.91 Å². The van der Waals surface area contributed by atoms with Crippen LogP contribution in [0.5, 0.6) is 5.75 Å². The molecular weight excluding hydrogens is 385 g/mol. The molecule has 2 atom stereocenters. The third-order valence-electron chi connectivity index (χ3n) is 6.01. The van der Waals surface area contributed by atoms with Crippen LogP contribution in [0.25, 0.3) is 5.57 Å². The van der Waals surface area contributed by atoms with E-state index in [2.05, 4.69) is 19.2 Å². The van der Waals surface area contributed by atoms with Crippen LogP contribution in [0.15, 0.2) is 18.2 Å². The second-order valence-electron chi connectivity index (χ2n) is 8.48. The van der Waals surface area contributed by atoms with Crippen molar-refractivity contribution in [2.24, 2.45) is 11.3 Å². The maximum atomic E-state index is 15.2. The summed E-state index contributed by atoms with van der Waals surface area (Å²) in [5.74, 6) is -1.42. The van der Waals surface area contributed by atoms with Gasteiger partial charge in [-0.1, -0.05) is 19.9 Å². The normalized spacial score (nSPS) is 27.6. The standard InChI is InChI=1S/C19H24FN3O4S/c1-19(2)8-12(19)3-4-13-7-11(9-21-13)14-5-6-15(24)18(17(14)20)23-10-16(25)22-28(23,26)27/h5-7,12-13,21,24H,3-4,8-10H2,1-2H3,(H,22,25). The number of nitrogens with zero attached hydrogens (tertiary/aromatic N) is 1. The van der Waals surface area contributed by atoms with Gasteiger partial charge in [-0.3, -0.25) is 4.79 Å². The van der Waals surface area contributed by atoms with Crippen LogP contribution in [0.2, 0.25) is 0 Å². The number of amides is 1. The van der Waals surface area contributed by atoms with Crippen molar-refractivity contribution in [2.75, 3.05) is 17.4 Å². The number of aromatic hydroxyl groups is 1. The molecule has 2 unspecified atom stereocenters. The average molecular weight is 409 g/mol. The van der Waals surface area contributed by atoms with Gasteiger partial charge in [-0.25, -0.2) is 13.4 Å². The summed E-state index contributed by atoms with van der Waals surface area (Å²) in [6.45, 7) is 4.43. The lowest BCUT2D eigenvalue weighted by Crippen LogP contribution is -2.30. The van der Waals surface area contributed by atoms with Crippen molar-refractivity contribution in [3.63, 3.8) is 0 Å². The molecule has 2 heterocycles. The van der Waals surface area contributed by atoms with Gasteiger partial charge in [0.05, 0.1) is 0 Å². The van der Waals surface area contributed by atoms with Crippen LogP contribution in [0, 0.1) is 17.2 Å². The summed E-state index contributed by atoms with van der Waals surface area (Å²) in [6, 6.07) is 2.83. The Balaban J connectivity index is 1.57. The Labute approximate surface area is 163 Å². The van der Waals surface area contributed by atoms with E-state index in [1.807, 2.05) is 6.08 Å². The number of halogens is 1. The van der Waals surface area contributed by atoms with E-state index in [0.29, 0.717) is 16.3 Å². The SMILES string of the molecule is CC1(C)CC1CCC1C=C(c2ccc(O)c(N3CC(=O)NS3(=O)=O)c2F)CN1. The Hall–Kier alpha value is -2.13. The molecule has 0 aromatic heterocycles. The number of phenolic OH excluding ortho intramolecular Hbond substituents is 1. The molecule has 0 radical (unpaired) electrons. The van der Waals surface area contributed by atoms with Crippen LogP contribution in [0.3, 0.4) is 0 Å². The third kappa shape index (κ3) is 3.37. The van der Waals surface area contributed by atoms with Gasteiger partial charge in [0.1, 0.15) is 18.0 Å². The van der Waals surface area contributed by atoms with Crippen molar-refractivity contribution in [1.29, 1.82) is 0 Å². The van der Waals surface area contributed by atoms with Crippen molar-refractivity contribution in [2.45, 2.75) is 39.2 Å². The largest absolute Gasteiger partial charge is 0.506 e. The van der Waals surface area contributed by atoms with Crippen molar-refractivity contribution < 1.29 is 22.7 Å². The highest BCUT2D eigenvalue weighted by molar-refractivity contribution is 7.92. The number of carbonyl (C=O) groups is 1. The molecular formula is C19H24FN3O4S. The van der Waals surface area contributed by atoms with E-state index < -0.39 is 39.9 Å². The summed E-state index contributed by atoms with van der Waals surface area (Å²) >= 11 is 0. The van der Waals surface area contributed by atoms with E-state index >= 15 is 4.39 Å². The van der Waals surface area contributed by atoms with Gasteiger partial charge >= 0.3 is 10.2 Å². The highest BCUT2D eigenvalue weighted by atomic mass is 32.2. The molecule has 0 bridgehead atoms. The summed E-state index contributed by atoms with van der Waals surface area (Å²) in [4.78, 5) is 11.5. The molecule has 2 fully saturated rings. The second-order valence-corrected chi connectivity index (χ2v) is 10.1. The second kappa shape index (κ2) is 6.45. The van der Waals surface area contributed by atoms with Crippen molar-refractivity contribution in [3.8, 4) is 5.75 Å². The summed E-state index contributed by atoms with van der Waals surface area (Å²) in [6.07, 6.45) is 5.28. The zero-order chi connectivity index (χ0) is 20.3.